The fourth-order valence-electron chi connectivity index (χ4n) is 3.60. The molecule has 2 aliphatic heterocycles. The summed E-state index contributed by atoms with van der Waals surface area (Å²) in [6.45, 7) is 4.13. The first-order valence-corrected chi connectivity index (χ1v) is 8.95. The van der Waals surface area contributed by atoms with Gasteiger partial charge < -0.3 is 15.0 Å². The van der Waals surface area contributed by atoms with Crippen LogP contribution in [-0.2, 0) is 4.79 Å². The predicted molar refractivity (Wildman–Crippen MR) is 99.6 cm³/mol. The highest BCUT2D eigenvalue weighted by molar-refractivity contribution is 5.98. The fraction of sp³-hybridized carbons (Fsp3) is 0.579. The number of likely N-dealkylation sites (tertiary alicyclic amines) is 1. The molecule has 3 rings (SSSR count). The Morgan fingerprint density at radius 1 is 1.12 bits per heavy atom. The first kappa shape index (κ1) is 19.7. The molecule has 0 aliphatic carbocycles. The van der Waals surface area contributed by atoms with Gasteiger partial charge in [0.1, 0.15) is 5.75 Å². The highest BCUT2D eigenvalue weighted by Crippen LogP contribution is 2.21. The number of hydrogen-bond donors (Lipinski definition) is 1. The number of halogens is 1. The molecule has 2 heterocycles. The molecule has 0 spiro atoms. The molecule has 2 unspecified atom stereocenters. The number of nitrogens with one attached hydrogen (secondary N) is 1. The van der Waals surface area contributed by atoms with E-state index in [9.17, 15) is 9.59 Å². The number of ketones is 1. The number of hydrogen-bond acceptors (Lipinski definition) is 4. The van der Waals surface area contributed by atoms with Gasteiger partial charge in [0.25, 0.3) is 0 Å². The van der Waals surface area contributed by atoms with Gasteiger partial charge in [-0.05, 0) is 50.5 Å². The molecule has 1 aromatic rings. The van der Waals surface area contributed by atoms with Gasteiger partial charge in [0, 0.05) is 43.6 Å². The van der Waals surface area contributed by atoms with Crippen molar-refractivity contribution >= 4 is 24.1 Å². The summed E-state index contributed by atoms with van der Waals surface area (Å²) in [6, 6.07) is 8.15. The summed E-state index contributed by atoms with van der Waals surface area (Å²) in [6.07, 6.45) is 3.96. The maximum absolute atomic E-state index is 12.4. The zero-order chi connectivity index (χ0) is 16.9. The lowest BCUT2D eigenvalue weighted by Crippen LogP contribution is -2.39. The van der Waals surface area contributed by atoms with E-state index >= 15 is 0 Å². The van der Waals surface area contributed by atoms with Gasteiger partial charge in [0.15, 0.2) is 5.78 Å². The van der Waals surface area contributed by atoms with Crippen LogP contribution in [0.5, 0.6) is 5.75 Å². The molecule has 25 heavy (non-hydrogen) atoms. The molecule has 138 valence electrons. The first-order chi connectivity index (χ1) is 11.7. The van der Waals surface area contributed by atoms with Crippen molar-refractivity contribution in [1.29, 1.82) is 0 Å². The topological polar surface area (TPSA) is 58.6 Å². The number of fused-ring (bicyclic) bond motifs is 2. The maximum Gasteiger partial charge on any atom is 0.223 e. The van der Waals surface area contributed by atoms with Crippen LogP contribution < -0.4 is 10.1 Å². The molecule has 1 N–H and O–H groups in total. The van der Waals surface area contributed by atoms with Crippen LogP contribution in [0.15, 0.2) is 24.3 Å². The number of ether oxygens (including phenoxy) is 1. The van der Waals surface area contributed by atoms with E-state index in [1.165, 1.54) is 6.42 Å². The highest BCUT2D eigenvalue weighted by Gasteiger charge is 2.31. The summed E-state index contributed by atoms with van der Waals surface area (Å²) < 4.78 is 5.38. The van der Waals surface area contributed by atoms with Crippen LogP contribution in [0, 0.1) is 0 Å². The van der Waals surface area contributed by atoms with Crippen LogP contribution >= 0.6 is 12.4 Å². The zero-order valence-corrected chi connectivity index (χ0v) is 15.5. The Balaban J connectivity index is 0.00000225. The smallest absolute Gasteiger partial charge is 0.223 e. The lowest BCUT2D eigenvalue weighted by Gasteiger charge is -2.24. The summed E-state index contributed by atoms with van der Waals surface area (Å²) in [5, 5.41) is 3.57. The normalized spacial score (nSPS) is 22.0. The molecule has 1 aromatic carbocycles. The molecule has 0 aromatic heterocycles. The van der Waals surface area contributed by atoms with Gasteiger partial charge in [-0.1, -0.05) is 0 Å². The van der Waals surface area contributed by atoms with Crippen molar-refractivity contribution in [3.05, 3.63) is 29.8 Å². The van der Waals surface area contributed by atoms with E-state index in [2.05, 4.69) is 5.32 Å². The summed E-state index contributed by atoms with van der Waals surface area (Å²) in [5.74, 6) is 0.877. The Labute approximate surface area is 155 Å². The van der Waals surface area contributed by atoms with Gasteiger partial charge in [-0.2, -0.15) is 0 Å². The highest BCUT2D eigenvalue weighted by atomic mass is 35.5. The van der Waals surface area contributed by atoms with Gasteiger partial charge in [-0.25, -0.2) is 0 Å². The van der Waals surface area contributed by atoms with Crippen LogP contribution in [0.2, 0.25) is 0 Å². The molecule has 0 radical (unpaired) electrons. The van der Waals surface area contributed by atoms with Gasteiger partial charge in [-0.15, -0.1) is 12.4 Å². The molecule has 2 saturated heterocycles. The van der Waals surface area contributed by atoms with Gasteiger partial charge in [0.2, 0.25) is 5.91 Å². The second-order valence-corrected chi connectivity index (χ2v) is 6.65. The minimum absolute atomic E-state index is 0. The zero-order valence-electron chi connectivity index (χ0n) is 14.7. The van der Waals surface area contributed by atoms with Crippen molar-refractivity contribution in [3.63, 3.8) is 0 Å². The second kappa shape index (κ2) is 9.20. The third-order valence-corrected chi connectivity index (χ3v) is 4.93. The predicted octanol–water partition coefficient (Wildman–Crippen LogP) is 2.82. The average molecular weight is 367 g/mol. The van der Waals surface area contributed by atoms with Crippen molar-refractivity contribution < 1.29 is 14.3 Å². The van der Waals surface area contributed by atoms with E-state index in [1.807, 2.05) is 11.8 Å². The van der Waals surface area contributed by atoms with E-state index in [-0.39, 0.29) is 30.5 Å². The largest absolute Gasteiger partial charge is 0.494 e. The number of carbonyl (C=O) groups is 2. The van der Waals surface area contributed by atoms with Crippen LogP contribution in [-0.4, -0.2) is 48.4 Å². The third kappa shape index (κ3) is 5.19. The first-order valence-electron chi connectivity index (χ1n) is 8.95. The number of nitrogens with zero attached hydrogens (tertiary/aromatic N) is 1. The number of carbonyl (C=O) groups excluding carboxylic acids is 2. The standard InChI is InChI=1S/C19H26N2O3.ClH/c1-2-24-17-7-3-14(4-8-17)18(22)9-10-19(23)21-12-11-15-5-6-16(13-21)20-15;/h3-4,7-8,15-16,20H,2,5-6,9-13H2,1H3;1H. The molecule has 2 fully saturated rings. The quantitative estimate of drug-likeness (QED) is 0.786. The van der Waals surface area contributed by atoms with Crippen LogP contribution in [0.25, 0.3) is 0 Å². The molecule has 2 aliphatic rings. The van der Waals surface area contributed by atoms with Gasteiger partial charge in [0.05, 0.1) is 6.61 Å². The summed E-state index contributed by atoms with van der Waals surface area (Å²) in [5.41, 5.74) is 0.642. The lowest BCUT2D eigenvalue weighted by molar-refractivity contribution is -0.131. The second-order valence-electron chi connectivity index (χ2n) is 6.65. The van der Waals surface area contributed by atoms with Crippen molar-refractivity contribution in [3.8, 4) is 5.75 Å². The molecular weight excluding hydrogens is 340 g/mol. The van der Waals surface area contributed by atoms with E-state index in [4.69, 9.17) is 4.74 Å². The summed E-state index contributed by atoms with van der Waals surface area (Å²) in [7, 11) is 0. The number of rotatable bonds is 6. The Hall–Kier alpha value is -1.59. The monoisotopic (exact) mass is 366 g/mol. The minimum atomic E-state index is 0. The van der Waals surface area contributed by atoms with E-state index < -0.39 is 0 Å². The minimum Gasteiger partial charge on any atom is -0.494 e. The summed E-state index contributed by atoms with van der Waals surface area (Å²) in [4.78, 5) is 26.6. The maximum atomic E-state index is 12.4. The summed E-state index contributed by atoms with van der Waals surface area (Å²) >= 11 is 0. The molecule has 6 heteroatoms. The van der Waals surface area contributed by atoms with Crippen molar-refractivity contribution in [1.82, 2.24) is 10.2 Å². The Morgan fingerprint density at radius 3 is 2.56 bits per heavy atom. The van der Waals surface area contributed by atoms with Crippen LogP contribution in [0.3, 0.4) is 0 Å². The number of amides is 1. The Kier molecular flexibility index (Phi) is 7.26. The van der Waals surface area contributed by atoms with E-state index in [0.717, 1.165) is 31.7 Å². The average Bonchev–Trinajstić information content (AvgIpc) is 2.92. The lowest BCUT2D eigenvalue weighted by atomic mass is 10.0. The van der Waals surface area contributed by atoms with Crippen molar-refractivity contribution in [2.45, 2.75) is 51.1 Å². The van der Waals surface area contributed by atoms with E-state index in [0.29, 0.717) is 30.7 Å². The van der Waals surface area contributed by atoms with E-state index in [1.54, 1.807) is 24.3 Å². The molecular formula is C19H27ClN2O3. The van der Waals surface area contributed by atoms with Crippen LogP contribution in [0.1, 0.15) is 49.4 Å². The SMILES string of the molecule is CCOc1ccc(C(=O)CCC(=O)N2CCC3CCC(C2)N3)cc1.Cl. The molecule has 2 atom stereocenters. The van der Waals surface area contributed by atoms with Crippen molar-refractivity contribution in [2.24, 2.45) is 0 Å². The molecule has 1 amide bonds. The third-order valence-electron chi connectivity index (χ3n) is 4.93. The fourth-order valence-corrected chi connectivity index (χ4v) is 3.60. The number of benzene rings is 1. The molecule has 5 nitrogen and oxygen atoms in total. The Bertz CT molecular complexity index is 591. The number of Topliss-reactive ketones (excluding diaryl/α,β-unsaturated/α-hetero) is 1. The van der Waals surface area contributed by atoms with Gasteiger partial charge >= 0.3 is 0 Å². The van der Waals surface area contributed by atoms with Gasteiger partial charge in [-0.3, -0.25) is 9.59 Å². The molecule has 2 bridgehead atoms. The Morgan fingerprint density at radius 2 is 1.84 bits per heavy atom. The molecule has 0 saturated carbocycles. The van der Waals surface area contributed by atoms with Crippen molar-refractivity contribution in [2.75, 3.05) is 19.7 Å². The van der Waals surface area contributed by atoms with Crippen LogP contribution in [0.4, 0.5) is 0 Å².